The zero-order valence-corrected chi connectivity index (χ0v) is 11.3. The van der Waals surface area contributed by atoms with Gasteiger partial charge in [0.25, 0.3) is 5.91 Å². The Morgan fingerprint density at radius 1 is 1.28 bits per heavy atom. The Morgan fingerprint density at radius 2 is 1.89 bits per heavy atom. The summed E-state index contributed by atoms with van der Waals surface area (Å²) in [6.07, 6.45) is 3.11. The zero-order chi connectivity index (χ0) is 13.0. The highest BCUT2D eigenvalue weighted by atomic mass is 16.1. The van der Waals surface area contributed by atoms with Crippen LogP contribution < -0.4 is 5.32 Å². The molecule has 1 amide bonds. The van der Waals surface area contributed by atoms with E-state index in [1.807, 2.05) is 24.3 Å². The molecule has 0 atom stereocenters. The van der Waals surface area contributed by atoms with E-state index >= 15 is 0 Å². The maximum atomic E-state index is 12.1. The quantitative estimate of drug-likeness (QED) is 0.885. The lowest BCUT2D eigenvalue weighted by Gasteiger charge is -2.29. The second kappa shape index (κ2) is 6.01. The molecule has 0 spiro atoms. The predicted molar refractivity (Wildman–Crippen MR) is 73.8 cm³/mol. The molecular formula is C15H22N2O. The molecule has 1 aliphatic heterocycles. The number of likely N-dealkylation sites (tertiary alicyclic amines) is 1. The van der Waals surface area contributed by atoms with E-state index in [1.54, 1.807) is 0 Å². The molecule has 1 aromatic rings. The van der Waals surface area contributed by atoms with E-state index in [0.29, 0.717) is 6.04 Å². The summed E-state index contributed by atoms with van der Waals surface area (Å²) in [4.78, 5) is 14.4. The van der Waals surface area contributed by atoms with Crippen LogP contribution in [0.2, 0.25) is 0 Å². The summed E-state index contributed by atoms with van der Waals surface area (Å²) in [5, 5.41) is 3.13. The van der Waals surface area contributed by atoms with E-state index in [1.165, 1.54) is 5.56 Å². The first-order valence-corrected chi connectivity index (χ1v) is 6.77. The topological polar surface area (TPSA) is 32.3 Å². The van der Waals surface area contributed by atoms with Crippen LogP contribution in [0.15, 0.2) is 24.3 Å². The van der Waals surface area contributed by atoms with Gasteiger partial charge in [0.1, 0.15) is 0 Å². The van der Waals surface area contributed by atoms with Gasteiger partial charge in [0.15, 0.2) is 0 Å². The molecule has 0 aliphatic carbocycles. The molecule has 0 unspecified atom stereocenters. The van der Waals surface area contributed by atoms with Crippen molar-refractivity contribution in [3.8, 4) is 0 Å². The van der Waals surface area contributed by atoms with Crippen LogP contribution in [-0.4, -0.2) is 37.0 Å². The molecular weight excluding hydrogens is 224 g/mol. The van der Waals surface area contributed by atoms with Gasteiger partial charge >= 0.3 is 0 Å². The second-order valence-corrected chi connectivity index (χ2v) is 5.10. The molecule has 0 bridgehead atoms. The van der Waals surface area contributed by atoms with Crippen LogP contribution in [0.25, 0.3) is 0 Å². The predicted octanol–water partition coefficient (Wildman–Crippen LogP) is 2.07. The van der Waals surface area contributed by atoms with Crippen LogP contribution in [0.1, 0.15) is 35.7 Å². The van der Waals surface area contributed by atoms with Gasteiger partial charge in [-0.1, -0.05) is 19.1 Å². The molecule has 1 fully saturated rings. The molecule has 0 radical (unpaired) electrons. The van der Waals surface area contributed by atoms with Crippen molar-refractivity contribution in [2.24, 2.45) is 0 Å². The number of benzene rings is 1. The van der Waals surface area contributed by atoms with Crippen molar-refractivity contribution in [1.29, 1.82) is 0 Å². The number of rotatable bonds is 3. The molecule has 1 aromatic carbocycles. The van der Waals surface area contributed by atoms with Crippen molar-refractivity contribution in [3.63, 3.8) is 0 Å². The van der Waals surface area contributed by atoms with Gasteiger partial charge in [-0.3, -0.25) is 4.79 Å². The summed E-state index contributed by atoms with van der Waals surface area (Å²) in [6.45, 7) is 4.26. The van der Waals surface area contributed by atoms with Gasteiger partial charge in [-0.25, -0.2) is 0 Å². The van der Waals surface area contributed by atoms with Gasteiger partial charge in [0, 0.05) is 11.6 Å². The minimum absolute atomic E-state index is 0.0622. The molecule has 1 heterocycles. The Kier molecular flexibility index (Phi) is 4.37. The van der Waals surface area contributed by atoms with Gasteiger partial charge in [-0.05, 0) is 57.1 Å². The molecule has 1 N–H and O–H groups in total. The van der Waals surface area contributed by atoms with E-state index < -0.39 is 0 Å². The van der Waals surface area contributed by atoms with Crippen molar-refractivity contribution >= 4 is 5.91 Å². The van der Waals surface area contributed by atoms with Crippen molar-refractivity contribution in [3.05, 3.63) is 35.4 Å². The lowest BCUT2D eigenvalue weighted by molar-refractivity contribution is 0.0917. The third kappa shape index (κ3) is 3.33. The average Bonchev–Trinajstić information content (AvgIpc) is 2.41. The number of carbonyl (C=O) groups excluding carboxylic acids is 1. The Hall–Kier alpha value is -1.35. The molecule has 3 heteroatoms. The van der Waals surface area contributed by atoms with Gasteiger partial charge in [0.2, 0.25) is 0 Å². The van der Waals surface area contributed by atoms with Crippen molar-refractivity contribution in [2.45, 2.75) is 32.2 Å². The number of amides is 1. The Balaban J connectivity index is 1.90. The summed E-state index contributed by atoms with van der Waals surface area (Å²) in [5.41, 5.74) is 2.04. The van der Waals surface area contributed by atoms with Crippen molar-refractivity contribution in [1.82, 2.24) is 10.2 Å². The van der Waals surface area contributed by atoms with Crippen molar-refractivity contribution in [2.75, 3.05) is 20.1 Å². The number of aryl methyl sites for hydroxylation is 1. The van der Waals surface area contributed by atoms with E-state index in [0.717, 1.165) is 37.9 Å². The molecule has 0 saturated carbocycles. The minimum Gasteiger partial charge on any atom is -0.349 e. The molecule has 2 rings (SSSR count). The van der Waals surface area contributed by atoms with Crippen LogP contribution in [0.4, 0.5) is 0 Å². The minimum atomic E-state index is 0.0622. The van der Waals surface area contributed by atoms with Crippen LogP contribution in [0.3, 0.4) is 0 Å². The second-order valence-electron chi connectivity index (χ2n) is 5.10. The lowest BCUT2D eigenvalue weighted by Crippen LogP contribution is -2.43. The zero-order valence-electron chi connectivity index (χ0n) is 11.3. The first-order chi connectivity index (χ1) is 8.69. The van der Waals surface area contributed by atoms with Crippen LogP contribution in [-0.2, 0) is 6.42 Å². The number of piperidine rings is 1. The highest BCUT2D eigenvalue weighted by Crippen LogP contribution is 2.10. The number of carbonyl (C=O) groups is 1. The van der Waals surface area contributed by atoms with Crippen LogP contribution >= 0.6 is 0 Å². The number of hydrogen-bond donors (Lipinski definition) is 1. The highest BCUT2D eigenvalue weighted by Gasteiger charge is 2.18. The lowest BCUT2D eigenvalue weighted by atomic mass is 10.0. The van der Waals surface area contributed by atoms with Crippen LogP contribution in [0.5, 0.6) is 0 Å². The smallest absolute Gasteiger partial charge is 0.251 e. The third-order valence-electron chi connectivity index (χ3n) is 3.68. The normalized spacial score (nSPS) is 17.7. The number of nitrogens with zero attached hydrogens (tertiary/aromatic N) is 1. The Bertz CT molecular complexity index is 391. The third-order valence-corrected chi connectivity index (χ3v) is 3.68. The molecule has 1 aliphatic rings. The fourth-order valence-electron chi connectivity index (χ4n) is 2.31. The van der Waals surface area contributed by atoms with E-state index in [4.69, 9.17) is 0 Å². The Labute approximate surface area is 109 Å². The van der Waals surface area contributed by atoms with E-state index in [-0.39, 0.29) is 5.91 Å². The summed E-state index contributed by atoms with van der Waals surface area (Å²) in [5.74, 6) is 0.0622. The first kappa shape index (κ1) is 13.1. The van der Waals surface area contributed by atoms with Crippen LogP contribution in [0, 0.1) is 0 Å². The fourth-order valence-corrected chi connectivity index (χ4v) is 2.31. The van der Waals surface area contributed by atoms with Gasteiger partial charge < -0.3 is 10.2 Å². The number of hydrogen-bond acceptors (Lipinski definition) is 2. The maximum Gasteiger partial charge on any atom is 0.251 e. The summed E-state index contributed by atoms with van der Waals surface area (Å²) < 4.78 is 0. The average molecular weight is 246 g/mol. The SMILES string of the molecule is CCc1ccc(C(=O)NC2CCN(C)CC2)cc1. The molecule has 3 nitrogen and oxygen atoms in total. The van der Waals surface area contributed by atoms with E-state index in [2.05, 4.69) is 24.2 Å². The largest absolute Gasteiger partial charge is 0.349 e. The summed E-state index contributed by atoms with van der Waals surface area (Å²) in [6, 6.07) is 8.24. The van der Waals surface area contributed by atoms with Gasteiger partial charge in [-0.15, -0.1) is 0 Å². The summed E-state index contributed by atoms with van der Waals surface area (Å²) >= 11 is 0. The molecule has 0 aromatic heterocycles. The Morgan fingerprint density at radius 3 is 2.44 bits per heavy atom. The molecule has 1 saturated heterocycles. The fraction of sp³-hybridized carbons (Fsp3) is 0.533. The van der Waals surface area contributed by atoms with Crippen molar-refractivity contribution < 1.29 is 4.79 Å². The monoisotopic (exact) mass is 246 g/mol. The maximum absolute atomic E-state index is 12.1. The van der Waals surface area contributed by atoms with Gasteiger partial charge in [0.05, 0.1) is 0 Å². The highest BCUT2D eigenvalue weighted by molar-refractivity contribution is 5.94. The standard InChI is InChI=1S/C15H22N2O/c1-3-12-4-6-13(7-5-12)15(18)16-14-8-10-17(2)11-9-14/h4-7,14H,3,8-11H2,1-2H3,(H,16,18). The summed E-state index contributed by atoms with van der Waals surface area (Å²) in [7, 11) is 2.13. The molecule has 98 valence electrons. The molecule has 18 heavy (non-hydrogen) atoms. The van der Waals surface area contributed by atoms with Gasteiger partial charge in [-0.2, -0.15) is 0 Å². The van der Waals surface area contributed by atoms with E-state index in [9.17, 15) is 4.79 Å². The number of nitrogens with one attached hydrogen (secondary N) is 1. The first-order valence-electron chi connectivity index (χ1n) is 6.77.